The molecule has 2 aliphatic rings. The average Bonchev–Trinajstić information content (AvgIpc) is 3.05. The van der Waals surface area contributed by atoms with Crippen molar-refractivity contribution in [1.29, 1.82) is 0 Å². The minimum absolute atomic E-state index is 0.0988. The van der Waals surface area contributed by atoms with Gasteiger partial charge in [0.2, 0.25) is 5.91 Å². The number of ether oxygens (including phenoxy) is 1. The number of carbonyl (C=O) groups excluding carboxylic acids is 1. The van der Waals surface area contributed by atoms with Crippen LogP contribution in [0.3, 0.4) is 0 Å². The second-order valence-electron chi connectivity index (χ2n) is 8.39. The average molecular weight is 478 g/mol. The third kappa shape index (κ3) is 2.93. The summed E-state index contributed by atoms with van der Waals surface area (Å²) in [5.41, 5.74) is 3.10. The lowest BCUT2D eigenvalue weighted by Crippen LogP contribution is -2.56. The van der Waals surface area contributed by atoms with Crippen molar-refractivity contribution in [3.63, 3.8) is 0 Å². The molecule has 1 saturated heterocycles. The quantitative estimate of drug-likeness (QED) is 0.410. The number of rotatable bonds is 2. The minimum atomic E-state index is -0.450. The van der Waals surface area contributed by atoms with Gasteiger partial charge >= 0.3 is 5.76 Å². The number of amides is 1. The van der Waals surface area contributed by atoms with Crippen molar-refractivity contribution < 1.29 is 13.9 Å². The maximum atomic E-state index is 12.2. The van der Waals surface area contributed by atoms with E-state index in [1.807, 2.05) is 24.3 Å². The molecule has 9 nitrogen and oxygen atoms in total. The number of fused-ring (bicyclic) bond motifs is 3. The number of para-hydroxylation sites is 1. The largest absolute Gasteiger partial charge is 0.489 e. The van der Waals surface area contributed by atoms with Gasteiger partial charge in [0.15, 0.2) is 11.3 Å². The van der Waals surface area contributed by atoms with E-state index in [0.29, 0.717) is 64.8 Å². The van der Waals surface area contributed by atoms with E-state index >= 15 is 0 Å². The lowest BCUT2D eigenvalue weighted by Gasteiger charge is -2.40. The Morgan fingerprint density at radius 1 is 1.26 bits per heavy atom. The van der Waals surface area contributed by atoms with Crippen molar-refractivity contribution in [3.05, 3.63) is 58.8 Å². The zero-order valence-electron chi connectivity index (χ0n) is 18.3. The fourth-order valence-electron chi connectivity index (χ4n) is 4.85. The summed E-state index contributed by atoms with van der Waals surface area (Å²) in [6.45, 7) is 5.57. The van der Waals surface area contributed by atoms with Crippen LogP contribution in [0.4, 0.5) is 5.82 Å². The van der Waals surface area contributed by atoms with Crippen LogP contribution in [0.2, 0.25) is 5.02 Å². The Kier molecular flexibility index (Phi) is 4.63. The van der Waals surface area contributed by atoms with Gasteiger partial charge in [-0.25, -0.2) is 14.8 Å². The number of carbonyl (C=O) groups is 1. The predicted molar refractivity (Wildman–Crippen MR) is 128 cm³/mol. The van der Waals surface area contributed by atoms with E-state index in [9.17, 15) is 9.59 Å². The Morgan fingerprint density at radius 2 is 2.12 bits per heavy atom. The molecule has 0 spiro atoms. The van der Waals surface area contributed by atoms with Crippen molar-refractivity contribution in [2.75, 3.05) is 31.1 Å². The SMILES string of the molecule is C=CC(=O)N1CCN2c3ncnc4cc(-c5cccc6c5oc(=O)n6C)c(Cl)c(c34)OC[C@@H]2C1. The van der Waals surface area contributed by atoms with Crippen molar-refractivity contribution >= 4 is 45.3 Å². The molecule has 0 aliphatic carbocycles. The fraction of sp³-hybridized carbons (Fsp3) is 0.250. The highest BCUT2D eigenvalue weighted by atomic mass is 35.5. The summed E-state index contributed by atoms with van der Waals surface area (Å²) >= 11 is 6.94. The normalized spacial score (nSPS) is 17.4. The number of hydrogen-bond donors (Lipinski definition) is 0. The van der Waals surface area contributed by atoms with E-state index in [1.165, 1.54) is 17.0 Å². The predicted octanol–water partition coefficient (Wildman–Crippen LogP) is 2.99. The molecule has 4 aromatic rings. The molecule has 0 N–H and O–H groups in total. The first kappa shape index (κ1) is 20.7. The van der Waals surface area contributed by atoms with Gasteiger partial charge in [0.05, 0.1) is 27.5 Å². The summed E-state index contributed by atoms with van der Waals surface area (Å²) in [4.78, 5) is 37.3. The Labute approximate surface area is 198 Å². The number of hydrogen-bond acceptors (Lipinski definition) is 7. The molecule has 0 unspecified atom stereocenters. The van der Waals surface area contributed by atoms with Crippen LogP contribution in [-0.2, 0) is 11.8 Å². The van der Waals surface area contributed by atoms with E-state index in [0.717, 1.165) is 11.2 Å². The van der Waals surface area contributed by atoms with Crippen LogP contribution in [-0.4, -0.2) is 57.6 Å². The molecule has 1 fully saturated rings. The smallest absolute Gasteiger partial charge is 0.419 e. The van der Waals surface area contributed by atoms with E-state index in [1.54, 1.807) is 11.9 Å². The van der Waals surface area contributed by atoms with Gasteiger partial charge in [0.25, 0.3) is 0 Å². The van der Waals surface area contributed by atoms with E-state index < -0.39 is 5.76 Å². The molecule has 0 bridgehead atoms. The van der Waals surface area contributed by atoms with Crippen LogP contribution in [0.5, 0.6) is 5.75 Å². The first-order valence-electron chi connectivity index (χ1n) is 10.8. The Balaban J connectivity index is 1.53. The van der Waals surface area contributed by atoms with Gasteiger partial charge in [0, 0.05) is 37.8 Å². The maximum absolute atomic E-state index is 12.2. The van der Waals surface area contributed by atoms with Crippen LogP contribution in [0.25, 0.3) is 33.1 Å². The van der Waals surface area contributed by atoms with Crippen molar-refractivity contribution in [3.8, 4) is 16.9 Å². The molecule has 6 rings (SSSR count). The molecular formula is C24H20ClN5O4. The van der Waals surface area contributed by atoms with Gasteiger partial charge in [0.1, 0.15) is 18.8 Å². The van der Waals surface area contributed by atoms with Crippen LogP contribution in [0.1, 0.15) is 0 Å². The first-order valence-corrected chi connectivity index (χ1v) is 11.2. The van der Waals surface area contributed by atoms with Crippen LogP contribution in [0, 0.1) is 0 Å². The topological polar surface area (TPSA) is 93.7 Å². The molecular weight excluding hydrogens is 458 g/mol. The van der Waals surface area contributed by atoms with Gasteiger partial charge in [-0.3, -0.25) is 9.36 Å². The van der Waals surface area contributed by atoms with E-state index in [-0.39, 0.29) is 11.9 Å². The highest BCUT2D eigenvalue weighted by Gasteiger charge is 2.35. The highest BCUT2D eigenvalue weighted by molar-refractivity contribution is 6.37. The molecule has 2 aromatic heterocycles. The van der Waals surface area contributed by atoms with E-state index in [4.69, 9.17) is 20.8 Å². The summed E-state index contributed by atoms with van der Waals surface area (Å²) in [5, 5.41) is 1.12. The Morgan fingerprint density at radius 3 is 2.94 bits per heavy atom. The number of anilines is 1. The summed E-state index contributed by atoms with van der Waals surface area (Å²) in [5.74, 6) is 0.656. The van der Waals surface area contributed by atoms with Crippen molar-refractivity contribution in [1.82, 2.24) is 19.4 Å². The Hall–Kier alpha value is -3.85. The van der Waals surface area contributed by atoms with Crippen molar-refractivity contribution in [2.24, 2.45) is 7.05 Å². The highest BCUT2D eigenvalue weighted by Crippen LogP contribution is 2.46. The van der Waals surface area contributed by atoms with Crippen LogP contribution >= 0.6 is 11.6 Å². The number of piperazine rings is 1. The van der Waals surface area contributed by atoms with Gasteiger partial charge in [-0.1, -0.05) is 30.3 Å². The molecule has 4 heterocycles. The van der Waals surface area contributed by atoms with Gasteiger partial charge in [-0.15, -0.1) is 0 Å². The number of aromatic nitrogens is 3. The molecule has 1 atom stereocenters. The van der Waals surface area contributed by atoms with Gasteiger partial charge < -0.3 is 19.0 Å². The third-order valence-electron chi connectivity index (χ3n) is 6.57. The van der Waals surface area contributed by atoms with Gasteiger partial charge in [-0.05, 0) is 18.2 Å². The lowest BCUT2D eigenvalue weighted by atomic mass is 10.0. The molecule has 34 heavy (non-hydrogen) atoms. The molecule has 0 saturated carbocycles. The number of aryl methyl sites for hydroxylation is 1. The summed E-state index contributed by atoms with van der Waals surface area (Å²) in [6, 6.07) is 7.29. The lowest BCUT2D eigenvalue weighted by molar-refractivity contribution is -0.126. The third-order valence-corrected chi connectivity index (χ3v) is 6.95. The van der Waals surface area contributed by atoms with Crippen molar-refractivity contribution in [2.45, 2.75) is 6.04 Å². The number of oxazole rings is 1. The molecule has 2 aliphatic heterocycles. The second kappa shape index (κ2) is 7.59. The first-order chi connectivity index (χ1) is 16.5. The molecule has 10 heteroatoms. The van der Waals surface area contributed by atoms with E-state index in [2.05, 4.69) is 21.4 Å². The summed E-state index contributed by atoms with van der Waals surface area (Å²) in [6.07, 6.45) is 2.85. The van der Waals surface area contributed by atoms with Crippen LogP contribution < -0.4 is 15.4 Å². The molecule has 172 valence electrons. The Bertz CT molecular complexity index is 1560. The van der Waals surface area contributed by atoms with Crippen LogP contribution in [0.15, 0.2) is 52.5 Å². The number of benzene rings is 2. The second-order valence-corrected chi connectivity index (χ2v) is 8.76. The number of halogens is 1. The summed E-state index contributed by atoms with van der Waals surface area (Å²) < 4.78 is 13.3. The monoisotopic (exact) mass is 477 g/mol. The summed E-state index contributed by atoms with van der Waals surface area (Å²) in [7, 11) is 1.66. The minimum Gasteiger partial charge on any atom is -0.489 e. The molecule has 1 amide bonds. The van der Waals surface area contributed by atoms with Gasteiger partial charge in [-0.2, -0.15) is 0 Å². The zero-order valence-corrected chi connectivity index (χ0v) is 19.1. The molecule has 2 aromatic carbocycles. The molecule has 0 radical (unpaired) electrons. The standard InChI is InChI=1S/C24H20ClN5O4/c1-3-18(31)29-7-8-30-13(10-29)11-33-22-19-16(26-12-27-23(19)30)9-15(20(22)25)14-5-4-6-17-21(14)34-24(32)28(17)2/h3-6,9,12-13H,1,7-8,10-11H2,2H3/t13-/m0/s1. The maximum Gasteiger partial charge on any atom is 0.419 e. The number of nitrogens with zero attached hydrogens (tertiary/aromatic N) is 5. The zero-order chi connectivity index (χ0) is 23.6. The fourth-order valence-corrected chi connectivity index (χ4v) is 5.15.